The summed E-state index contributed by atoms with van der Waals surface area (Å²) < 4.78 is 0. The second kappa shape index (κ2) is 3.77. The quantitative estimate of drug-likeness (QED) is 0.638. The number of aliphatic imine (C=N–C) groups is 1. The average molecular weight is 149 g/mol. The third-order valence-corrected chi connectivity index (χ3v) is 1.73. The Labute approximate surface area is 66.4 Å². The van der Waals surface area contributed by atoms with Crippen LogP contribution in [0.15, 0.2) is 17.3 Å². The molecule has 1 rings (SSSR count). The molecule has 0 aromatic carbocycles. The summed E-state index contributed by atoms with van der Waals surface area (Å²) in [6, 6.07) is 2.28. The van der Waals surface area contributed by atoms with E-state index >= 15 is 0 Å². The van der Waals surface area contributed by atoms with Crippen LogP contribution in [0.25, 0.3) is 0 Å². The SMILES string of the molecule is CCC(C#N)C1C=CNC=N1. The maximum Gasteiger partial charge on any atom is 0.0872 e. The summed E-state index contributed by atoms with van der Waals surface area (Å²) in [6.07, 6.45) is 6.21. The first-order valence-corrected chi connectivity index (χ1v) is 3.72. The molecule has 0 aliphatic carbocycles. The van der Waals surface area contributed by atoms with Gasteiger partial charge in [-0.1, -0.05) is 6.92 Å². The molecule has 2 unspecified atom stereocenters. The molecule has 58 valence electrons. The maximum absolute atomic E-state index is 8.70. The molecule has 1 heterocycles. The van der Waals surface area contributed by atoms with E-state index in [9.17, 15) is 0 Å². The van der Waals surface area contributed by atoms with Gasteiger partial charge in [-0.05, 0) is 12.5 Å². The van der Waals surface area contributed by atoms with Gasteiger partial charge in [-0.2, -0.15) is 5.26 Å². The molecule has 0 spiro atoms. The number of nitrogens with zero attached hydrogens (tertiary/aromatic N) is 2. The van der Waals surface area contributed by atoms with Crippen LogP contribution in [-0.4, -0.2) is 12.4 Å². The number of rotatable bonds is 2. The Bertz CT molecular complexity index is 200. The molecule has 0 saturated carbocycles. The zero-order valence-electron chi connectivity index (χ0n) is 6.49. The Morgan fingerprint density at radius 3 is 3.09 bits per heavy atom. The summed E-state index contributed by atoms with van der Waals surface area (Å²) in [5, 5.41) is 11.5. The fourth-order valence-electron chi connectivity index (χ4n) is 1.02. The first kappa shape index (κ1) is 7.80. The minimum Gasteiger partial charge on any atom is -0.353 e. The lowest BCUT2D eigenvalue weighted by Crippen LogP contribution is -2.20. The second-order valence-corrected chi connectivity index (χ2v) is 2.44. The topological polar surface area (TPSA) is 48.2 Å². The van der Waals surface area contributed by atoms with Crippen molar-refractivity contribution in [2.75, 3.05) is 0 Å². The monoisotopic (exact) mass is 149 g/mol. The van der Waals surface area contributed by atoms with Crippen molar-refractivity contribution in [3.8, 4) is 6.07 Å². The van der Waals surface area contributed by atoms with E-state index in [4.69, 9.17) is 5.26 Å². The fraction of sp³-hybridized carbons (Fsp3) is 0.500. The highest BCUT2D eigenvalue weighted by Crippen LogP contribution is 2.12. The van der Waals surface area contributed by atoms with Crippen molar-refractivity contribution in [3.63, 3.8) is 0 Å². The normalized spacial score (nSPS) is 23.8. The van der Waals surface area contributed by atoms with Gasteiger partial charge in [0.05, 0.1) is 24.4 Å². The first-order chi connectivity index (χ1) is 5.38. The summed E-state index contributed by atoms with van der Waals surface area (Å²) in [6.45, 7) is 2.00. The lowest BCUT2D eigenvalue weighted by molar-refractivity contribution is 0.568. The highest BCUT2D eigenvalue weighted by Gasteiger charge is 2.15. The van der Waals surface area contributed by atoms with E-state index in [0.717, 1.165) is 6.42 Å². The van der Waals surface area contributed by atoms with Crippen LogP contribution in [0.5, 0.6) is 0 Å². The maximum atomic E-state index is 8.70. The lowest BCUT2D eigenvalue weighted by atomic mass is 9.99. The van der Waals surface area contributed by atoms with Crippen LogP contribution in [0.4, 0.5) is 0 Å². The number of nitriles is 1. The number of hydrogen-bond donors (Lipinski definition) is 1. The van der Waals surface area contributed by atoms with Crippen molar-refractivity contribution in [1.82, 2.24) is 5.32 Å². The molecule has 2 atom stereocenters. The Balaban J connectivity index is 2.58. The van der Waals surface area contributed by atoms with Gasteiger partial charge < -0.3 is 5.32 Å². The molecule has 0 aromatic rings. The number of hydrogen-bond acceptors (Lipinski definition) is 3. The standard InChI is InChI=1S/C8H11N3/c1-2-7(5-9)8-3-4-10-6-11-8/h3-4,6-8H,2H2,1H3,(H,10,11). The summed E-state index contributed by atoms with van der Waals surface area (Å²) in [5.74, 6) is 0.0181. The summed E-state index contributed by atoms with van der Waals surface area (Å²) in [5.41, 5.74) is 0. The van der Waals surface area contributed by atoms with Crippen molar-refractivity contribution in [2.24, 2.45) is 10.9 Å². The highest BCUT2D eigenvalue weighted by molar-refractivity contribution is 5.58. The van der Waals surface area contributed by atoms with E-state index in [0.29, 0.717) is 0 Å². The smallest absolute Gasteiger partial charge is 0.0872 e. The average Bonchev–Trinajstić information content (AvgIpc) is 2.09. The molecular formula is C8H11N3. The van der Waals surface area contributed by atoms with E-state index in [1.165, 1.54) is 0 Å². The molecule has 0 aromatic heterocycles. The van der Waals surface area contributed by atoms with Crippen LogP contribution in [0, 0.1) is 17.2 Å². The minimum absolute atomic E-state index is 0.0181. The van der Waals surface area contributed by atoms with Gasteiger partial charge >= 0.3 is 0 Å². The Morgan fingerprint density at radius 2 is 2.64 bits per heavy atom. The van der Waals surface area contributed by atoms with Gasteiger partial charge in [-0.3, -0.25) is 4.99 Å². The molecule has 0 saturated heterocycles. The predicted octanol–water partition coefficient (Wildman–Crippen LogP) is 1.05. The van der Waals surface area contributed by atoms with Crippen molar-refractivity contribution >= 4 is 6.34 Å². The van der Waals surface area contributed by atoms with Gasteiger partial charge in [0.1, 0.15) is 0 Å². The van der Waals surface area contributed by atoms with Crippen molar-refractivity contribution < 1.29 is 0 Å². The van der Waals surface area contributed by atoms with Gasteiger partial charge in [0.2, 0.25) is 0 Å². The largest absolute Gasteiger partial charge is 0.353 e. The molecule has 3 nitrogen and oxygen atoms in total. The molecule has 1 N–H and O–H groups in total. The van der Waals surface area contributed by atoms with Crippen LogP contribution in [0.1, 0.15) is 13.3 Å². The minimum atomic E-state index is 0.0181. The fourth-order valence-corrected chi connectivity index (χ4v) is 1.02. The summed E-state index contributed by atoms with van der Waals surface area (Å²) in [7, 11) is 0. The van der Waals surface area contributed by atoms with Crippen molar-refractivity contribution in [1.29, 1.82) is 5.26 Å². The van der Waals surface area contributed by atoms with E-state index < -0.39 is 0 Å². The van der Waals surface area contributed by atoms with Crippen molar-refractivity contribution in [2.45, 2.75) is 19.4 Å². The van der Waals surface area contributed by atoms with E-state index in [1.807, 2.05) is 19.2 Å². The Morgan fingerprint density at radius 1 is 1.82 bits per heavy atom. The molecule has 11 heavy (non-hydrogen) atoms. The van der Waals surface area contributed by atoms with E-state index in [-0.39, 0.29) is 12.0 Å². The number of nitrogens with one attached hydrogen (secondary N) is 1. The van der Waals surface area contributed by atoms with Gasteiger partial charge in [0, 0.05) is 6.20 Å². The van der Waals surface area contributed by atoms with Crippen LogP contribution >= 0.6 is 0 Å². The van der Waals surface area contributed by atoms with Gasteiger partial charge in [-0.25, -0.2) is 0 Å². The second-order valence-electron chi connectivity index (χ2n) is 2.44. The van der Waals surface area contributed by atoms with E-state index in [2.05, 4.69) is 16.4 Å². The third-order valence-electron chi connectivity index (χ3n) is 1.73. The Kier molecular flexibility index (Phi) is 2.67. The highest BCUT2D eigenvalue weighted by atomic mass is 15.0. The molecule has 0 amide bonds. The lowest BCUT2D eigenvalue weighted by Gasteiger charge is -2.14. The first-order valence-electron chi connectivity index (χ1n) is 3.72. The molecular weight excluding hydrogens is 138 g/mol. The summed E-state index contributed by atoms with van der Waals surface area (Å²) in [4.78, 5) is 4.13. The van der Waals surface area contributed by atoms with E-state index in [1.54, 1.807) is 6.34 Å². The summed E-state index contributed by atoms with van der Waals surface area (Å²) >= 11 is 0. The zero-order chi connectivity index (χ0) is 8.10. The van der Waals surface area contributed by atoms with Crippen LogP contribution in [-0.2, 0) is 0 Å². The van der Waals surface area contributed by atoms with Crippen LogP contribution < -0.4 is 5.32 Å². The van der Waals surface area contributed by atoms with Crippen LogP contribution in [0.3, 0.4) is 0 Å². The molecule has 3 heteroatoms. The molecule has 0 fully saturated rings. The van der Waals surface area contributed by atoms with Crippen molar-refractivity contribution in [3.05, 3.63) is 12.3 Å². The molecule has 0 bridgehead atoms. The molecule has 0 radical (unpaired) electrons. The predicted molar refractivity (Wildman–Crippen MR) is 43.9 cm³/mol. The van der Waals surface area contributed by atoms with Crippen LogP contribution in [0.2, 0.25) is 0 Å². The molecule has 1 aliphatic heterocycles. The van der Waals surface area contributed by atoms with Gasteiger partial charge in [0.25, 0.3) is 0 Å². The Hall–Kier alpha value is -1.30. The van der Waals surface area contributed by atoms with Gasteiger partial charge in [-0.15, -0.1) is 0 Å². The zero-order valence-corrected chi connectivity index (χ0v) is 6.49. The third kappa shape index (κ3) is 1.81. The molecule has 1 aliphatic rings. The van der Waals surface area contributed by atoms with Gasteiger partial charge in [0.15, 0.2) is 0 Å².